The summed E-state index contributed by atoms with van der Waals surface area (Å²) in [6.07, 6.45) is 5.83. The van der Waals surface area contributed by atoms with Crippen LogP contribution in [0.4, 0.5) is 5.69 Å². The van der Waals surface area contributed by atoms with Crippen LogP contribution in [0.2, 0.25) is 0 Å². The van der Waals surface area contributed by atoms with Crippen molar-refractivity contribution in [3.05, 3.63) is 71.6 Å². The Bertz CT molecular complexity index is 1000. The highest BCUT2D eigenvalue weighted by atomic mass is 16.2. The zero-order valence-electron chi connectivity index (χ0n) is 16.1. The largest absolute Gasteiger partial charge is 0.327 e. The van der Waals surface area contributed by atoms with Gasteiger partial charge in [-0.2, -0.15) is 5.10 Å². The SMILES string of the molecule is Cc1nc([C@@H]2CCCCN2C(=O)c2ccn[nH]2)ncc1C(=O)Nc1ccccc1. The first-order valence-corrected chi connectivity index (χ1v) is 9.64. The summed E-state index contributed by atoms with van der Waals surface area (Å²) in [5, 5.41) is 9.45. The van der Waals surface area contributed by atoms with E-state index in [1.165, 1.54) is 0 Å². The minimum absolute atomic E-state index is 0.112. The predicted molar refractivity (Wildman–Crippen MR) is 107 cm³/mol. The number of nitrogens with zero attached hydrogens (tertiary/aromatic N) is 4. The molecule has 8 nitrogen and oxygen atoms in total. The smallest absolute Gasteiger partial charge is 0.272 e. The van der Waals surface area contributed by atoms with Gasteiger partial charge in [-0.25, -0.2) is 9.97 Å². The van der Waals surface area contributed by atoms with Crippen LogP contribution in [0.25, 0.3) is 0 Å². The molecule has 0 radical (unpaired) electrons. The molecule has 2 amide bonds. The maximum absolute atomic E-state index is 12.8. The summed E-state index contributed by atoms with van der Waals surface area (Å²) in [7, 11) is 0. The summed E-state index contributed by atoms with van der Waals surface area (Å²) >= 11 is 0. The summed E-state index contributed by atoms with van der Waals surface area (Å²) in [5.74, 6) is 0.194. The van der Waals surface area contributed by atoms with Crippen LogP contribution in [0.15, 0.2) is 48.8 Å². The number of anilines is 1. The molecular weight excluding hydrogens is 368 g/mol. The first-order chi connectivity index (χ1) is 14.1. The number of likely N-dealkylation sites (tertiary alicyclic amines) is 1. The summed E-state index contributed by atoms with van der Waals surface area (Å²) in [5.41, 5.74) is 2.17. The molecule has 1 aliphatic heterocycles. The summed E-state index contributed by atoms with van der Waals surface area (Å²) in [4.78, 5) is 36.2. The molecule has 29 heavy (non-hydrogen) atoms. The molecule has 4 rings (SSSR count). The van der Waals surface area contributed by atoms with E-state index in [0.29, 0.717) is 35.0 Å². The zero-order valence-corrected chi connectivity index (χ0v) is 16.1. The molecule has 2 aromatic heterocycles. The second-order valence-corrected chi connectivity index (χ2v) is 7.03. The van der Waals surface area contributed by atoms with Gasteiger partial charge in [0.25, 0.3) is 11.8 Å². The number of H-pyrrole nitrogens is 1. The molecule has 0 unspecified atom stereocenters. The number of rotatable bonds is 4. The number of aryl methyl sites for hydroxylation is 1. The third-order valence-electron chi connectivity index (χ3n) is 5.07. The molecule has 1 aromatic carbocycles. The number of aromatic amines is 1. The molecule has 0 saturated carbocycles. The number of nitrogens with one attached hydrogen (secondary N) is 2. The molecule has 1 aliphatic rings. The molecule has 8 heteroatoms. The molecule has 1 fully saturated rings. The van der Waals surface area contributed by atoms with Gasteiger partial charge in [-0.15, -0.1) is 0 Å². The average molecular weight is 390 g/mol. The quantitative estimate of drug-likeness (QED) is 0.712. The lowest BCUT2D eigenvalue weighted by Crippen LogP contribution is -2.39. The van der Waals surface area contributed by atoms with Gasteiger partial charge in [0.05, 0.1) is 17.3 Å². The van der Waals surface area contributed by atoms with Crippen LogP contribution in [0.1, 0.15) is 57.7 Å². The number of para-hydroxylation sites is 1. The van der Waals surface area contributed by atoms with Crippen molar-refractivity contribution in [3.8, 4) is 0 Å². The first kappa shape index (κ1) is 18.8. The van der Waals surface area contributed by atoms with E-state index in [1.54, 1.807) is 30.3 Å². The Kier molecular flexibility index (Phi) is 5.33. The van der Waals surface area contributed by atoms with E-state index < -0.39 is 0 Å². The number of hydrogen-bond donors (Lipinski definition) is 2. The van der Waals surface area contributed by atoms with Crippen LogP contribution < -0.4 is 5.32 Å². The van der Waals surface area contributed by atoms with Crippen molar-refractivity contribution in [2.75, 3.05) is 11.9 Å². The van der Waals surface area contributed by atoms with Gasteiger partial charge in [-0.1, -0.05) is 18.2 Å². The predicted octanol–water partition coefficient (Wildman–Crippen LogP) is 3.13. The number of aromatic nitrogens is 4. The molecule has 0 bridgehead atoms. The molecule has 1 atom stereocenters. The minimum Gasteiger partial charge on any atom is -0.327 e. The maximum Gasteiger partial charge on any atom is 0.272 e. The number of carbonyl (C=O) groups excluding carboxylic acids is 2. The number of benzene rings is 1. The molecule has 3 aromatic rings. The van der Waals surface area contributed by atoms with E-state index in [1.807, 2.05) is 30.3 Å². The highest BCUT2D eigenvalue weighted by molar-refractivity contribution is 6.04. The molecule has 148 valence electrons. The number of carbonyl (C=O) groups is 2. The van der Waals surface area contributed by atoms with Crippen LogP contribution >= 0.6 is 0 Å². The molecule has 0 spiro atoms. The zero-order chi connectivity index (χ0) is 20.2. The number of amides is 2. The maximum atomic E-state index is 12.8. The molecule has 3 heterocycles. The van der Waals surface area contributed by atoms with Gasteiger partial charge in [-0.3, -0.25) is 14.7 Å². The van der Waals surface area contributed by atoms with Crippen molar-refractivity contribution in [1.29, 1.82) is 0 Å². The topological polar surface area (TPSA) is 104 Å². The minimum atomic E-state index is -0.255. The Morgan fingerprint density at radius 2 is 2.00 bits per heavy atom. The molecule has 0 aliphatic carbocycles. The highest BCUT2D eigenvalue weighted by Gasteiger charge is 2.31. The van der Waals surface area contributed by atoms with Crippen molar-refractivity contribution in [2.24, 2.45) is 0 Å². The Balaban J connectivity index is 1.55. The Morgan fingerprint density at radius 3 is 2.72 bits per heavy atom. The van der Waals surface area contributed by atoms with Gasteiger partial charge in [0.15, 0.2) is 5.82 Å². The second kappa shape index (κ2) is 8.22. The van der Waals surface area contributed by atoms with E-state index in [2.05, 4.69) is 25.5 Å². The normalized spacial score (nSPS) is 16.4. The fourth-order valence-electron chi connectivity index (χ4n) is 3.56. The lowest BCUT2D eigenvalue weighted by molar-refractivity contribution is 0.0593. The Labute approximate surface area is 168 Å². The Morgan fingerprint density at radius 1 is 1.17 bits per heavy atom. The van der Waals surface area contributed by atoms with Gasteiger partial charge < -0.3 is 10.2 Å². The fourth-order valence-corrected chi connectivity index (χ4v) is 3.56. The van der Waals surface area contributed by atoms with Crippen LogP contribution in [-0.2, 0) is 0 Å². The molecular formula is C21H22N6O2. The second-order valence-electron chi connectivity index (χ2n) is 7.03. The van der Waals surface area contributed by atoms with E-state index in [4.69, 9.17) is 0 Å². The van der Waals surface area contributed by atoms with Crippen LogP contribution in [0.5, 0.6) is 0 Å². The Hall–Kier alpha value is -3.55. The van der Waals surface area contributed by atoms with Gasteiger partial charge in [0.1, 0.15) is 5.69 Å². The monoisotopic (exact) mass is 390 g/mol. The van der Waals surface area contributed by atoms with Crippen LogP contribution in [-0.4, -0.2) is 43.4 Å². The summed E-state index contributed by atoms with van der Waals surface area (Å²) in [6, 6.07) is 10.7. The van der Waals surface area contributed by atoms with Gasteiger partial charge in [-0.05, 0) is 44.4 Å². The highest BCUT2D eigenvalue weighted by Crippen LogP contribution is 2.30. The van der Waals surface area contributed by atoms with Crippen molar-refractivity contribution in [2.45, 2.75) is 32.2 Å². The lowest BCUT2D eigenvalue weighted by Gasteiger charge is -2.34. The summed E-state index contributed by atoms with van der Waals surface area (Å²) < 4.78 is 0. The van der Waals surface area contributed by atoms with E-state index >= 15 is 0 Å². The van der Waals surface area contributed by atoms with Crippen molar-refractivity contribution >= 4 is 17.5 Å². The third-order valence-corrected chi connectivity index (χ3v) is 5.07. The van der Waals surface area contributed by atoms with E-state index in [9.17, 15) is 9.59 Å². The third kappa shape index (κ3) is 4.01. The number of piperidine rings is 1. The van der Waals surface area contributed by atoms with Crippen molar-refractivity contribution in [1.82, 2.24) is 25.1 Å². The van der Waals surface area contributed by atoms with Crippen LogP contribution in [0.3, 0.4) is 0 Å². The van der Waals surface area contributed by atoms with Crippen molar-refractivity contribution in [3.63, 3.8) is 0 Å². The molecule has 1 saturated heterocycles. The van der Waals surface area contributed by atoms with Gasteiger partial charge in [0, 0.05) is 24.6 Å². The summed E-state index contributed by atoms with van der Waals surface area (Å²) in [6.45, 7) is 2.43. The van der Waals surface area contributed by atoms with Gasteiger partial charge >= 0.3 is 0 Å². The first-order valence-electron chi connectivity index (χ1n) is 9.64. The van der Waals surface area contributed by atoms with Crippen molar-refractivity contribution < 1.29 is 9.59 Å². The van der Waals surface area contributed by atoms with Gasteiger partial charge in [0.2, 0.25) is 0 Å². The van der Waals surface area contributed by atoms with E-state index in [-0.39, 0.29) is 17.9 Å². The fraction of sp³-hybridized carbons (Fsp3) is 0.286. The number of hydrogen-bond acceptors (Lipinski definition) is 5. The lowest BCUT2D eigenvalue weighted by atomic mass is 10.0. The average Bonchev–Trinajstić information content (AvgIpc) is 3.29. The van der Waals surface area contributed by atoms with Crippen LogP contribution in [0, 0.1) is 6.92 Å². The molecule has 2 N–H and O–H groups in total. The standard InChI is InChI=1S/C21H22N6O2/c1-14-16(20(28)25-15-7-3-2-4-8-15)13-22-19(24-14)18-9-5-6-12-27(18)21(29)17-10-11-23-26-17/h2-4,7-8,10-11,13,18H,5-6,9,12H2,1H3,(H,23,26)(H,25,28)/t18-/m0/s1. The van der Waals surface area contributed by atoms with E-state index in [0.717, 1.165) is 19.3 Å².